The molecular formula is C24H22N4O4. The maximum Gasteiger partial charge on any atom is 0.311 e. The number of esters is 1. The van der Waals surface area contributed by atoms with E-state index in [4.69, 9.17) is 4.74 Å². The summed E-state index contributed by atoms with van der Waals surface area (Å²) in [6, 6.07) is 16.8. The van der Waals surface area contributed by atoms with Crippen molar-refractivity contribution in [3.05, 3.63) is 65.7 Å². The molecule has 1 aliphatic rings. The molecule has 0 bridgehead atoms. The van der Waals surface area contributed by atoms with Crippen LogP contribution in [0.2, 0.25) is 0 Å². The van der Waals surface area contributed by atoms with Crippen LogP contribution in [-0.4, -0.2) is 40.1 Å². The monoisotopic (exact) mass is 430 g/mol. The van der Waals surface area contributed by atoms with Gasteiger partial charge >= 0.3 is 5.97 Å². The molecule has 1 fully saturated rings. The number of rotatable bonds is 6. The summed E-state index contributed by atoms with van der Waals surface area (Å²) in [4.78, 5) is 33.7. The Morgan fingerprint density at radius 3 is 2.72 bits per heavy atom. The number of anilines is 1. The molecule has 2 aromatic carbocycles. The number of carbonyl (C=O) groups is 2. The summed E-state index contributed by atoms with van der Waals surface area (Å²) >= 11 is 0. The van der Waals surface area contributed by atoms with E-state index in [9.17, 15) is 20.0 Å². The first-order chi connectivity index (χ1) is 15.5. The third-order valence-electron chi connectivity index (χ3n) is 5.49. The van der Waals surface area contributed by atoms with Gasteiger partial charge in [0.15, 0.2) is 11.6 Å². The van der Waals surface area contributed by atoms with Crippen LogP contribution in [0, 0.1) is 17.2 Å². The van der Waals surface area contributed by atoms with Gasteiger partial charge < -0.3 is 19.7 Å². The van der Waals surface area contributed by atoms with Crippen LogP contribution in [0.15, 0.2) is 54.3 Å². The van der Waals surface area contributed by atoms with Crippen molar-refractivity contribution in [1.82, 2.24) is 9.97 Å². The zero-order valence-electron chi connectivity index (χ0n) is 17.5. The van der Waals surface area contributed by atoms with Crippen molar-refractivity contribution in [2.24, 2.45) is 5.92 Å². The molecule has 1 amide bonds. The summed E-state index contributed by atoms with van der Waals surface area (Å²) in [6.45, 7) is 1.79. The van der Waals surface area contributed by atoms with Crippen LogP contribution in [-0.2, 0) is 20.7 Å². The number of imidazole rings is 1. The maximum atomic E-state index is 12.5. The third-order valence-corrected chi connectivity index (χ3v) is 5.49. The Morgan fingerprint density at radius 1 is 1.28 bits per heavy atom. The molecule has 3 aromatic rings. The Labute approximate surface area is 184 Å². The molecule has 1 aromatic heterocycles. The van der Waals surface area contributed by atoms with Crippen molar-refractivity contribution >= 4 is 34.2 Å². The minimum Gasteiger partial charge on any atom is -0.507 e. The van der Waals surface area contributed by atoms with Crippen molar-refractivity contribution in [3.8, 4) is 6.07 Å². The molecule has 162 valence electrons. The second kappa shape index (κ2) is 8.94. The summed E-state index contributed by atoms with van der Waals surface area (Å²) < 4.78 is 5.22. The fraction of sp³-hybridized carbons (Fsp3) is 0.250. The third kappa shape index (κ3) is 4.18. The number of carbonyl (C=O) groups excluding carboxylic acids is 2. The Balaban J connectivity index is 1.42. The minimum absolute atomic E-state index is 0.0352. The first-order valence-electron chi connectivity index (χ1n) is 10.3. The number of aryl methyl sites for hydroxylation is 1. The average molecular weight is 430 g/mol. The number of hydrogen-bond donors (Lipinski definition) is 2. The van der Waals surface area contributed by atoms with Crippen molar-refractivity contribution in [1.29, 1.82) is 5.26 Å². The second-order valence-electron chi connectivity index (χ2n) is 7.57. The van der Waals surface area contributed by atoms with E-state index in [-0.39, 0.29) is 30.3 Å². The van der Waals surface area contributed by atoms with Gasteiger partial charge in [0.2, 0.25) is 5.91 Å². The van der Waals surface area contributed by atoms with E-state index in [1.54, 1.807) is 17.0 Å². The highest BCUT2D eigenvalue weighted by Gasteiger charge is 2.36. The van der Waals surface area contributed by atoms with Gasteiger partial charge in [-0.15, -0.1) is 0 Å². The van der Waals surface area contributed by atoms with Crippen molar-refractivity contribution < 1.29 is 19.4 Å². The van der Waals surface area contributed by atoms with E-state index in [0.29, 0.717) is 5.52 Å². The van der Waals surface area contributed by atoms with Crippen LogP contribution in [0.5, 0.6) is 0 Å². The van der Waals surface area contributed by atoms with Crippen molar-refractivity contribution in [3.63, 3.8) is 0 Å². The SMILES string of the molecule is CCc1ccc(N2C[C@H](C(=O)OCC(O)=C(C#N)c3nc4ccccc4[nH]3)CC2=O)cc1. The quantitative estimate of drug-likeness (QED) is 0.351. The number of aromatic nitrogens is 2. The fourth-order valence-electron chi connectivity index (χ4n) is 3.68. The lowest BCUT2D eigenvalue weighted by Gasteiger charge is -2.17. The van der Waals surface area contributed by atoms with E-state index < -0.39 is 24.3 Å². The Bertz CT molecular complexity index is 1200. The normalized spacial score (nSPS) is 16.7. The van der Waals surface area contributed by atoms with Gasteiger partial charge in [0.05, 0.1) is 17.0 Å². The Kier molecular flexibility index (Phi) is 5.90. The number of hydrogen-bond acceptors (Lipinski definition) is 6. The summed E-state index contributed by atoms with van der Waals surface area (Å²) in [7, 11) is 0. The molecule has 8 nitrogen and oxygen atoms in total. The lowest BCUT2D eigenvalue weighted by atomic mass is 10.1. The number of ether oxygens (including phenoxy) is 1. The standard InChI is InChI=1S/C24H22N4O4/c1-2-15-7-9-17(10-8-15)28-13-16(11-22(28)30)24(31)32-14-21(29)18(12-25)23-26-19-5-3-4-6-20(19)27-23/h3-10,16,29H,2,11,13-14H2,1H3,(H,26,27)/t16-/m1/s1. The molecule has 0 saturated carbocycles. The summed E-state index contributed by atoms with van der Waals surface area (Å²) in [5.41, 5.74) is 3.17. The van der Waals surface area contributed by atoms with Gasteiger partial charge in [0.1, 0.15) is 18.2 Å². The molecule has 0 spiro atoms. The number of H-pyrrole nitrogens is 1. The molecule has 1 saturated heterocycles. The molecule has 0 unspecified atom stereocenters. The Morgan fingerprint density at radius 2 is 2.03 bits per heavy atom. The zero-order chi connectivity index (χ0) is 22.7. The second-order valence-corrected chi connectivity index (χ2v) is 7.57. The number of aliphatic hydroxyl groups is 1. The maximum absolute atomic E-state index is 12.5. The number of nitriles is 1. The molecule has 2 N–H and O–H groups in total. The fourth-order valence-corrected chi connectivity index (χ4v) is 3.68. The largest absolute Gasteiger partial charge is 0.507 e. The lowest BCUT2D eigenvalue weighted by molar-refractivity contribution is -0.148. The topological polar surface area (TPSA) is 119 Å². The number of para-hydroxylation sites is 2. The van der Waals surface area contributed by atoms with E-state index in [1.165, 1.54) is 0 Å². The van der Waals surface area contributed by atoms with Gasteiger partial charge in [0.25, 0.3) is 0 Å². The van der Waals surface area contributed by atoms with Crippen LogP contribution < -0.4 is 4.90 Å². The van der Waals surface area contributed by atoms with Gasteiger partial charge in [-0.05, 0) is 36.2 Å². The van der Waals surface area contributed by atoms with Crippen LogP contribution >= 0.6 is 0 Å². The summed E-state index contributed by atoms with van der Waals surface area (Å²) in [6.07, 6.45) is 0.937. The number of allylic oxidation sites excluding steroid dienone is 1. The van der Waals surface area contributed by atoms with Crippen LogP contribution in [0.1, 0.15) is 24.7 Å². The van der Waals surface area contributed by atoms with E-state index >= 15 is 0 Å². The van der Waals surface area contributed by atoms with Gasteiger partial charge in [-0.2, -0.15) is 5.26 Å². The number of aliphatic hydroxyl groups excluding tert-OH is 1. The lowest BCUT2D eigenvalue weighted by Crippen LogP contribution is -2.26. The number of nitrogens with zero attached hydrogens (tertiary/aromatic N) is 3. The predicted molar refractivity (Wildman–Crippen MR) is 118 cm³/mol. The smallest absolute Gasteiger partial charge is 0.311 e. The molecular weight excluding hydrogens is 408 g/mol. The van der Waals surface area contributed by atoms with Gasteiger partial charge in [-0.3, -0.25) is 9.59 Å². The highest BCUT2D eigenvalue weighted by atomic mass is 16.5. The summed E-state index contributed by atoms with van der Waals surface area (Å²) in [5, 5.41) is 19.8. The number of amides is 1. The van der Waals surface area contributed by atoms with Gasteiger partial charge in [-0.25, -0.2) is 4.98 Å². The van der Waals surface area contributed by atoms with Crippen LogP contribution in [0.25, 0.3) is 16.6 Å². The number of fused-ring (bicyclic) bond motifs is 1. The molecule has 8 heteroatoms. The molecule has 4 rings (SSSR count). The molecule has 0 radical (unpaired) electrons. The molecule has 1 atom stereocenters. The highest BCUT2D eigenvalue weighted by molar-refractivity contribution is 5.99. The highest BCUT2D eigenvalue weighted by Crippen LogP contribution is 2.27. The van der Waals surface area contributed by atoms with E-state index in [2.05, 4.69) is 16.9 Å². The van der Waals surface area contributed by atoms with Crippen LogP contribution in [0.4, 0.5) is 5.69 Å². The predicted octanol–water partition coefficient (Wildman–Crippen LogP) is 3.51. The van der Waals surface area contributed by atoms with Crippen molar-refractivity contribution in [2.45, 2.75) is 19.8 Å². The molecule has 2 heterocycles. The number of aromatic amines is 1. The van der Waals surface area contributed by atoms with Gasteiger partial charge in [0, 0.05) is 18.7 Å². The molecule has 0 aliphatic carbocycles. The van der Waals surface area contributed by atoms with Crippen molar-refractivity contribution in [2.75, 3.05) is 18.1 Å². The minimum atomic E-state index is -0.641. The van der Waals surface area contributed by atoms with Gasteiger partial charge in [-0.1, -0.05) is 31.2 Å². The summed E-state index contributed by atoms with van der Waals surface area (Å²) in [5.74, 6) is -1.61. The first kappa shape index (κ1) is 21.1. The number of nitrogens with one attached hydrogen (secondary N) is 1. The molecule has 1 aliphatic heterocycles. The Hall–Kier alpha value is -4.12. The van der Waals surface area contributed by atoms with E-state index in [0.717, 1.165) is 23.2 Å². The number of benzene rings is 2. The van der Waals surface area contributed by atoms with E-state index in [1.807, 2.05) is 42.5 Å². The van der Waals surface area contributed by atoms with Crippen LogP contribution in [0.3, 0.4) is 0 Å². The molecule has 32 heavy (non-hydrogen) atoms. The average Bonchev–Trinajstić information content (AvgIpc) is 3.41. The zero-order valence-corrected chi connectivity index (χ0v) is 17.5. The first-order valence-corrected chi connectivity index (χ1v) is 10.3.